The Labute approximate surface area is 182 Å². The normalized spacial score (nSPS) is 25.2. The van der Waals surface area contributed by atoms with E-state index in [2.05, 4.69) is 15.1 Å². The minimum absolute atomic E-state index is 0.0595. The molecule has 3 atom stereocenters. The number of aliphatic carboxylic acids is 1. The molecule has 0 saturated carbocycles. The second-order valence-corrected chi connectivity index (χ2v) is 8.06. The van der Waals surface area contributed by atoms with Gasteiger partial charge >= 0.3 is 12.1 Å². The number of aliphatic imine (C=N–C) groups is 1. The predicted octanol–water partition coefficient (Wildman–Crippen LogP) is 3.32. The van der Waals surface area contributed by atoms with Gasteiger partial charge < -0.3 is 20.1 Å². The Morgan fingerprint density at radius 2 is 2.03 bits per heavy atom. The molecule has 1 aromatic carbocycles. The van der Waals surface area contributed by atoms with Crippen molar-refractivity contribution >= 4 is 22.9 Å². The highest BCUT2D eigenvalue weighted by atomic mass is 32.2. The summed E-state index contributed by atoms with van der Waals surface area (Å²) >= 11 is 1.42. The second-order valence-electron chi connectivity index (χ2n) is 7.02. The summed E-state index contributed by atoms with van der Waals surface area (Å²) in [5.74, 6) is -2.52. The average Bonchev–Trinajstić information content (AvgIpc) is 3.13. The van der Waals surface area contributed by atoms with Crippen molar-refractivity contribution in [2.75, 3.05) is 12.4 Å². The Bertz CT molecular complexity index is 1030. The van der Waals surface area contributed by atoms with Crippen LogP contribution in [0.1, 0.15) is 29.8 Å². The largest absolute Gasteiger partial charge is 0.490 e. The Balaban J connectivity index is 0.000000360. The number of amidine groups is 1. The van der Waals surface area contributed by atoms with Gasteiger partial charge in [-0.15, -0.1) is 0 Å². The number of nitrogens with two attached hydrogens (primary N) is 1. The van der Waals surface area contributed by atoms with Crippen LogP contribution in [-0.2, 0) is 15.1 Å². The van der Waals surface area contributed by atoms with Gasteiger partial charge in [0.25, 0.3) is 5.89 Å². The number of thioether (sulfide) groups is 1. The van der Waals surface area contributed by atoms with Crippen LogP contribution in [0.3, 0.4) is 0 Å². The lowest BCUT2D eigenvalue weighted by Crippen LogP contribution is -2.48. The third-order valence-electron chi connectivity index (χ3n) is 4.88. The maximum absolute atomic E-state index is 14.5. The van der Waals surface area contributed by atoms with Gasteiger partial charge in [0.05, 0.1) is 6.61 Å². The van der Waals surface area contributed by atoms with Gasteiger partial charge in [0, 0.05) is 23.3 Å². The fourth-order valence-corrected chi connectivity index (χ4v) is 4.44. The maximum atomic E-state index is 14.5. The SMILES string of the molecule is Cc1noc([C@H]2C[C@H]3CSC(N)=N[C@@]3(c3ccc(F)cc3F)CO2)n1.O=C(O)C(F)(F)F. The van der Waals surface area contributed by atoms with E-state index in [4.69, 9.17) is 24.9 Å². The highest BCUT2D eigenvalue weighted by Crippen LogP contribution is 2.49. The Kier molecular flexibility index (Phi) is 6.74. The molecule has 0 bridgehead atoms. The Morgan fingerprint density at radius 1 is 1.34 bits per heavy atom. The third-order valence-corrected chi connectivity index (χ3v) is 5.84. The van der Waals surface area contributed by atoms with E-state index in [1.54, 1.807) is 6.92 Å². The molecule has 0 aliphatic carbocycles. The van der Waals surface area contributed by atoms with Crippen LogP contribution in [0.5, 0.6) is 0 Å². The lowest BCUT2D eigenvalue weighted by Gasteiger charge is -2.45. The van der Waals surface area contributed by atoms with Crippen molar-refractivity contribution in [2.45, 2.75) is 31.2 Å². The summed E-state index contributed by atoms with van der Waals surface area (Å²) in [4.78, 5) is 17.6. The van der Waals surface area contributed by atoms with Crippen LogP contribution in [0.15, 0.2) is 27.7 Å². The van der Waals surface area contributed by atoms with E-state index in [0.29, 0.717) is 34.6 Å². The number of rotatable bonds is 2. The van der Waals surface area contributed by atoms with Crippen LogP contribution in [-0.4, -0.2) is 44.9 Å². The van der Waals surface area contributed by atoms with E-state index >= 15 is 0 Å². The molecule has 0 spiro atoms. The first-order valence-corrected chi connectivity index (χ1v) is 10.1. The molecule has 4 rings (SSSR count). The van der Waals surface area contributed by atoms with E-state index in [-0.39, 0.29) is 18.6 Å². The van der Waals surface area contributed by atoms with Crippen molar-refractivity contribution in [3.63, 3.8) is 0 Å². The Morgan fingerprint density at radius 3 is 2.59 bits per heavy atom. The molecule has 2 aromatic rings. The molecule has 3 N–H and O–H groups in total. The van der Waals surface area contributed by atoms with Crippen molar-refractivity contribution < 1.29 is 41.1 Å². The molecule has 3 heterocycles. The number of benzene rings is 1. The number of hydrogen-bond donors (Lipinski definition) is 2. The van der Waals surface area contributed by atoms with Gasteiger partial charge in [0.15, 0.2) is 11.0 Å². The van der Waals surface area contributed by atoms with Crippen molar-refractivity contribution in [2.24, 2.45) is 16.6 Å². The van der Waals surface area contributed by atoms with Crippen molar-refractivity contribution in [3.05, 3.63) is 47.1 Å². The van der Waals surface area contributed by atoms with E-state index in [1.807, 2.05) is 0 Å². The van der Waals surface area contributed by atoms with Gasteiger partial charge in [-0.3, -0.25) is 0 Å². The van der Waals surface area contributed by atoms with E-state index in [1.165, 1.54) is 23.9 Å². The van der Waals surface area contributed by atoms with Gasteiger partial charge in [-0.2, -0.15) is 18.2 Å². The summed E-state index contributed by atoms with van der Waals surface area (Å²) in [7, 11) is 0. The molecule has 1 fully saturated rings. The fraction of sp³-hybridized carbons (Fsp3) is 0.444. The molecular formula is C18H17F5N4O4S. The first kappa shape index (κ1) is 23.9. The number of carboxylic acids is 1. The highest BCUT2D eigenvalue weighted by molar-refractivity contribution is 8.13. The first-order chi connectivity index (χ1) is 14.9. The minimum Gasteiger partial charge on any atom is -0.475 e. The topological polar surface area (TPSA) is 124 Å². The minimum atomic E-state index is -5.08. The number of fused-ring (bicyclic) bond motifs is 1. The number of carbonyl (C=O) groups is 1. The summed E-state index contributed by atoms with van der Waals surface area (Å²) < 4.78 is 70.7. The molecule has 2 aliphatic heterocycles. The zero-order valence-electron chi connectivity index (χ0n) is 16.4. The van der Waals surface area contributed by atoms with Gasteiger partial charge in [-0.25, -0.2) is 18.6 Å². The molecule has 0 unspecified atom stereocenters. The Hall–Kier alpha value is -2.74. The standard InChI is InChI=1S/C16H16F2N4O2S.C2HF3O2/c1-8-20-14(24-22-8)13-4-9-6-25-15(19)21-16(9,7-23-13)11-3-2-10(17)5-12(11)18;3-2(4,5)1(6)7/h2-3,5,9,13H,4,6-7H2,1H3,(H2,19,21);(H,6,7)/t9-,13+,16-;/m0./s1. The highest BCUT2D eigenvalue weighted by Gasteiger charge is 2.50. The quantitative estimate of drug-likeness (QED) is 0.628. The zero-order chi connectivity index (χ0) is 23.7. The molecule has 1 aromatic heterocycles. The molecule has 2 aliphatic rings. The maximum Gasteiger partial charge on any atom is 0.490 e. The number of nitrogens with zero attached hydrogens (tertiary/aromatic N) is 3. The fourth-order valence-electron chi connectivity index (χ4n) is 3.43. The van der Waals surface area contributed by atoms with Crippen LogP contribution in [0.2, 0.25) is 0 Å². The van der Waals surface area contributed by atoms with Crippen molar-refractivity contribution in [1.29, 1.82) is 0 Å². The molecule has 0 radical (unpaired) electrons. The predicted molar refractivity (Wildman–Crippen MR) is 102 cm³/mol. The number of aryl methyl sites for hydroxylation is 1. The van der Waals surface area contributed by atoms with Gasteiger partial charge in [0.1, 0.15) is 23.3 Å². The number of halogens is 5. The van der Waals surface area contributed by atoms with E-state index < -0.39 is 29.3 Å². The van der Waals surface area contributed by atoms with Crippen molar-refractivity contribution in [1.82, 2.24) is 10.1 Å². The summed E-state index contributed by atoms with van der Waals surface area (Å²) in [6.45, 7) is 1.84. The summed E-state index contributed by atoms with van der Waals surface area (Å²) in [6.07, 6.45) is -4.93. The van der Waals surface area contributed by atoms with Crippen molar-refractivity contribution in [3.8, 4) is 0 Å². The zero-order valence-corrected chi connectivity index (χ0v) is 17.2. The van der Waals surface area contributed by atoms with Crippen LogP contribution in [0.25, 0.3) is 0 Å². The molecule has 14 heteroatoms. The molecule has 32 heavy (non-hydrogen) atoms. The lowest BCUT2D eigenvalue weighted by molar-refractivity contribution is -0.192. The van der Waals surface area contributed by atoms with Crippen LogP contribution in [0, 0.1) is 24.5 Å². The molecule has 0 amide bonds. The van der Waals surface area contributed by atoms with Crippen LogP contribution < -0.4 is 5.73 Å². The molecular weight excluding hydrogens is 463 g/mol. The molecule has 8 nitrogen and oxygen atoms in total. The lowest BCUT2D eigenvalue weighted by atomic mass is 9.75. The number of carboxylic acid groups (broad SMARTS) is 1. The monoisotopic (exact) mass is 480 g/mol. The van der Waals surface area contributed by atoms with E-state index in [9.17, 15) is 22.0 Å². The number of ether oxygens (including phenoxy) is 1. The second kappa shape index (κ2) is 9.02. The summed E-state index contributed by atoms with van der Waals surface area (Å²) in [5.41, 5.74) is 5.23. The number of hydrogen-bond acceptors (Lipinski definition) is 8. The van der Waals surface area contributed by atoms with E-state index in [0.717, 1.165) is 6.07 Å². The van der Waals surface area contributed by atoms with Gasteiger partial charge in [-0.05, 0) is 19.4 Å². The number of aromatic nitrogens is 2. The van der Waals surface area contributed by atoms with Gasteiger partial charge in [0.2, 0.25) is 0 Å². The first-order valence-electron chi connectivity index (χ1n) is 9.08. The number of alkyl halides is 3. The van der Waals surface area contributed by atoms with Crippen LogP contribution >= 0.6 is 11.8 Å². The van der Waals surface area contributed by atoms with Gasteiger partial charge in [-0.1, -0.05) is 23.0 Å². The van der Waals surface area contributed by atoms with Crippen LogP contribution in [0.4, 0.5) is 22.0 Å². The summed E-state index contributed by atoms with van der Waals surface area (Å²) in [5, 5.41) is 11.3. The summed E-state index contributed by atoms with van der Waals surface area (Å²) in [6, 6.07) is 3.51. The molecule has 1 saturated heterocycles. The third kappa shape index (κ3) is 5.01. The smallest absolute Gasteiger partial charge is 0.475 e. The average molecular weight is 480 g/mol. The molecule has 174 valence electrons.